The fraction of sp³-hybridized carbons (Fsp3) is 0.348. The summed E-state index contributed by atoms with van der Waals surface area (Å²) in [6, 6.07) is 7.00. The average molecular weight is 585 g/mol. The van der Waals surface area contributed by atoms with E-state index in [-0.39, 0.29) is 24.0 Å². The van der Waals surface area contributed by atoms with Gasteiger partial charge in [0.2, 0.25) is 5.78 Å². The van der Waals surface area contributed by atoms with Crippen LogP contribution in [0.25, 0.3) is 0 Å². The van der Waals surface area contributed by atoms with Crippen LogP contribution in [0.2, 0.25) is 9.36 Å². The Hall–Kier alpha value is -2.16. The molecule has 1 aliphatic carbocycles. The van der Waals surface area contributed by atoms with E-state index in [1.807, 2.05) is 12.1 Å². The summed E-state index contributed by atoms with van der Waals surface area (Å²) < 4.78 is 33.2. The van der Waals surface area contributed by atoms with Crippen LogP contribution in [-0.2, 0) is 25.8 Å². The smallest absolute Gasteiger partial charge is 0.333 e. The molecular formula is C23H22Cl2N4O6S2. The van der Waals surface area contributed by atoms with E-state index in [4.69, 9.17) is 33.1 Å². The fourth-order valence-corrected chi connectivity index (χ4v) is 6.47. The zero-order valence-electron chi connectivity index (χ0n) is 19.1. The molecule has 2 aromatic heterocycles. The number of rotatable bonds is 8. The van der Waals surface area contributed by atoms with Crippen LogP contribution >= 0.6 is 34.5 Å². The third kappa shape index (κ3) is 5.81. The van der Waals surface area contributed by atoms with Crippen LogP contribution in [0.1, 0.15) is 50.9 Å². The molecule has 0 spiro atoms. The van der Waals surface area contributed by atoms with Gasteiger partial charge < -0.3 is 15.2 Å². The number of ketones is 1. The lowest BCUT2D eigenvalue weighted by Crippen LogP contribution is -2.24. The number of benzene rings is 1. The van der Waals surface area contributed by atoms with E-state index < -0.39 is 28.4 Å². The maximum absolute atomic E-state index is 13.5. The second-order valence-electron chi connectivity index (χ2n) is 8.91. The largest absolute Gasteiger partial charge is 0.393 e. The quantitative estimate of drug-likeness (QED) is 0.337. The van der Waals surface area contributed by atoms with Crippen molar-refractivity contribution in [2.24, 2.45) is 11.1 Å². The van der Waals surface area contributed by atoms with E-state index in [0.29, 0.717) is 45.1 Å². The number of carbonyl (C=O) groups is 1. The lowest BCUT2D eigenvalue weighted by Gasteiger charge is -2.15. The molecule has 1 fully saturated rings. The number of anilines is 1. The predicted octanol–water partition coefficient (Wildman–Crippen LogP) is 3.47. The van der Waals surface area contributed by atoms with Gasteiger partial charge in [-0.1, -0.05) is 29.3 Å². The monoisotopic (exact) mass is 584 g/mol. The first-order chi connectivity index (χ1) is 17.6. The highest BCUT2D eigenvalue weighted by Crippen LogP contribution is 2.43. The number of ether oxygens (including phenoxy) is 1. The first-order valence-corrected chi connectivity index (χ1v) is 14.3. The number of aliphatic hydroxyl groups excluding tert-OH is 1. The van der Waals surface area contributed by atoms with Crippen molar-refractivity contribution in [3.63, 3.8) is 0 Å². The standard InChI is InChI=1S/C23H22Cl2N4O6S2/c24-13-2-1-11-8-34-21(15(11)4-13)16-6-19(36-22(16)25)20(31)17-7-27-10-28-23(17)29-14-3-12(18(30)5-14)9-35-37(26,32)33/h1-2,4,6-7,10,12,14,18,21,30H,3,5,8-9H2,(H2,26,32,33)(H,27,28,29)/t12-,14-,18+,21?/m1/s1. The summed E-state index contributed by atoms with van der Waals surface area (Å²) in [6.45, 7) is 0.186. The lowest BCUT2D eigenvalue weighted by molar-refractivity contribution is 0.0941. The predicted molar refractivity (Wildman–Crippen MR) is 138 cm³/mol. The molecule has 10 nitrogen and oxygen atoms in total. The number of thiophene rings is 1. The molecule has 14 heteroatoms. The third-order valence-corrected chi connectivity index (χ3v) is 8.50. The summed E-state index contributed by atoms with van der Waals surface area (Å²) in [7, 11) is -4.11. The van der Waals surface area contributed by atoms with Crippen LogP contribution < -0.4 is 10.5 Å². The minimum absolute atomic E-state index is 0.234. The molecular weight excluding hydrogens is 563 g/mol. The molecule has 1 aliphatic heterocycles. The number of fused-ring (bicyclic) bond motifs is 1. The first-order valence-electron chi connectivity index (χ1n) is 11.2. The molecule has 3 heterocycles. The zero-order chi connectivity index (χ0) is 26.3. The summed E-state index contributed by atoms with van der Waals surface area (Å²) in [5.74, 6) is -0.470. The number of nitrogens with one attached hydrogen (secondary N) is 1. The van der Waals surface area contributed by atoms with E-state index in [9.17, 15) is 18.3 Å². The first kappa shape index (κ1) is 26.4. The van der Waals surface area contributed by atoms with Gasteiger partial charge in [-0.05, 0) is 42.2 Å². The van der Waals surface area contributed by atoms with E-state index in [1.54, 1.807) is 12.1 Å². The van der Waals surface area contributed by atoms with E-state index in [2.05, 4.69) is 19.5 Å². The Kier molecular flexibility index (Phi) is 7.53. The molecule has 5 rings (SSSR count). The van der Waals surface area contributed by atoms with E-state index >= 15 is 0 Å². The SMILES string of the molecule is NS(=O)(=O)OC[C@H]1C[C@@H](Nc2ncncc2C(=O)c2cc(C3OCc4ccc(Cl)cc43)c(Cl)s2)C[C@@H]1O. The van der Waals surface area contributed by atoms with Crippen molar-refractivity contribution in [1.82, 2.24) is 9.97 Å². The van der Waals surface area contributed by atoms with Crippen molar-refractivity contribution in [1.29, 1.82) is 0 Å². The fourth-order valence-electron chi connectivity index (χ4n) is 4.65. The molecule has 0 radical (unpaired) electrons. The second kappa shape index (κ2) is 10.5. The van der Waals surface area contributed by atoms with Gasteiger partial charge in [0, 0.05) is 28.7 Å². The molecule has 1 unspecified atom stereocenters. The molecule has 0 bridgehead atoms. The van der Waals surface area contributed by atoms with Gasteiger partial charge >= 0.3 is 10.3 Å². The molecule has 4 N–H and O–H groups in total. The summed E-state index contributed by atoms with van der Waals surface area (Å²) in [4.78, 5) is 22.1. The van der Waals surface area contributed by atoms with Crippen LogP contribution in [0.4, 0.5) is 5.82 Å². The average Bonchev–Trinajstić information content (AvgIpc) is 3.53. The number of hydrogen-bond acceptors (Lipinski definition) is 10. The van der Waals surface area contributed by atoms with Gasteiger partial charge in [0.1, 0.15) is 18.2 Å². The van der Waals surface area contributed by atoms with Gasteiger partial charge in [-0.15, -0.1) is 11.3 Å². The van der Waals surface area contributed by atoms with Crippen molar-refractivity contribution < 1.29 is 27.2 Å². The van der Waals surface area contributed by atoms with Gasteiger partial charge in [-0.25, -0.2) is 15.1 Å². The third-order valence-electron chi connectivity index (χ3n) is 6.42. The maximum Gasteiger partial charge on any atom is 0.333 e. The molecule has 0 amide bonds. The van der Waals surface area contributed by atoms with Gasteiger partial charge in [-0.2, -0.15) is 8.42 Å². The Balaban J connectivity index is 1.34. The summed E-state index contributed by atoms with van der Waals surface area (Å²) in [5, 5.41) is 19.0. The number of aromatic nitrogens is 2. The number of halogens is 2. The van der Waals surface area contributed by atoms with Crippen LogP contribution in [0, 0.1) is 5.92 Å². The molecule has 196 valence electrons. The Morgan fingerprint density at radius 1 is 1.27 bits per heavy atom. The van der Waals surface area contributed by atoms with Crippen LogP contribution in [0.5, 0.6) is 0 Å². The van der Waals surface area contributed by atoms with Crippen LogP contribution in [0.15, 0.2) is 36.8 Å². The van der Waals surface area contributed by atoms with Crippen LogP contribution in [-0.4, -0.2) is 48.0 Å². The normalized spacial score (nSPS) is 23.2. The molecule has 3 aromatic rings. The lowest BCUT2D eigenvalue weighted by atomic mass is 10.0. The summed E-state index contributed by atoms with van der Waals surface area (Å²) >= 11 is 13.9. The van der Waals surface area contributed by atoms with Crippen molar-refractivity contribution in [3.8, 4) is 0 Å². The highest BCUT2D eigenvalue weighted by molar-refractivity contribution is 7.84. The molecule has 37 heavy (non-hydrogen) atoms. The Morgan fingerprint density at radius 3 is 2.86 bits per heavy atom. The molecule has 1 saturated carbocycles. The minimum Gasteiger partial charge on any atom is -0.393 e. The highest BCUT2D eigenvalue weighted by Gasteiger charge is 2.35. The minimum atomic E-state index is -4.11. The van der Waals surface area contributed by atoms with E-state index in [0.717, 1.165) is 22.5 Å². The Bertz CT molecular complexity index is 1450. The molecule has 4 atom stereocenters. The number of nitrogens with two attached hydrogens (primary N) is 1. The van der Waals surface area contributed by atoms with Gasteiger partial charge in [0.15, 0.2) is 0 Å². The summed E-state index contributed by atoms with van der Waals surface area (Å²) in [5.41, 5.74) is 2.84. The van der Waals surface area contributed by atoms with Crippen molar-refractivity contribution in [2.45, 2.75) is 37.7 Å². The number of nitrogens with zero attached hydrogens (tertiary/aromatic N) is 2. The van der Waals surface area contributed by atoms with Crippen molar-refractivity contribution in [3.05, 3.63) is 73.3 Å². The number of aliphatic hydroxyl groups is 1. The van der Waals surface area contributed by atoms with E-state index in [1.165, 1.54) is 12.5 Å². The second-order valence-corrected chi connectivity index (χ2v) is 12.2. The van der Waals surface area contributed by atoms with Crippen LogP contribution in [0.3, 0.4) is 0 Å². The summed E-state index contributed by atoms with van der Waals surface area (Å²) in [6.07, 6.45) is 2.20. The number of hydrogen-bond donors (Lipinski definition) is 3. The molecule has 2 aliphatic rings. The topological polar surface area (TPSA) is 154 Å². The van der Waals surface area contributed by atoms with Gasteiger partial charge in [-0.3, -0.25) is 8.98 Å². The van der Waals surface area contributed by atoms with Crippen molar-refractivity contribution >= 4 is 56.4 Å². The Labute approximate surface area is 227 Å². The van der Waals surface area contributed by atoms with Gasteiger partial charge in [0.05, 0.1) is 34.1 Å². The zero-order valence-corrected chi connectivity index (χ0v) is 22.3. The van der Waals surface area contributed by atoms with Gasteiger partial charge in [0.25, 0.3) is 0 Å². The Morgan fingerprint density at radius 2 is 2.08 bits per heavy atom. The van der Waals surface area contributed by atoms with Crippen molar-refractivity contribution in [2.75, 3.05) is 11.9 Å². The number of carbonyl (C=O) groups excluding carboxylic acids is 1. The highest BCUT2D eigenvalue weighted by atomic mass is 35.5. The molecule has 1 aromatic carbocycles. The maximum atomic E-state index is 13.5. The molecule has 0 saturated heterocycles.